The van der Waals surface area contributed by atoms with Crippen LogP contribution in [0.3, 0.4) is 0 Å². The summed E-state index contributed by atoms with van der Waals surface area (Å²) in [5.41, 5.74) is 0.136. The highest BCUT2D eigenvalue weighted by atomic mass is 19.1. The normalized spacial score (nSPS) is 29.0. The average Bonchev–Trinajstić information content (AvgIpc) is 3.22. The fourth-order valence-corrected chi connectivity index (χ4v) is 5.26. The summed E-state index contributed by atoms with van der Waals surface area (Å²) < 4.78 is 19.1. The van der Waals surface area contributed by atoms with Gasteiger partial charge in [0.05, 0.1) is 12.7 Å². The van der Waals surface area contributed by atoms with Crippen molar-refractivity contribution in [1.29, 1.82) is 0 Å². The number of hydrogen-bond acceptors (Lipinski definition) is 4. The third-order valence-electron chi connectivity index (χ3n) is 7.01. The van der Waals surface area contributed by atoms with Crippen LogP contribution in [0.2, 0.25) is 0 Å². The predicted molar refractivity (Wildman–Crippen MR) is 104 cm³/mol. The Morgan fingerprint density at radius 1 is 1.25 bits per heavy atom. The van der Waals surface area contributed by atoms with Crippen LogP contribution < -0.4 is 4.74 Å². The summed E-state index contributed by atoms with van der Waals surface area (Å²) in [5, 5.41) is 11.1. The van der Waals surface area contributed by atoms with Gasteiger partial charge in [-0.2, -0.15) is 0 Å². The van der Waals surface area contributed by atoms with E-state index in [2.05, 4.69) is 4.90 Å². The molecule has 3 aliphatic rings. The topological polar surface area (TPSA) is 53.0 Å². The van der Waals surface area contributed by atoms with Crippen LogP contribution in [0.4, 0.5) is 4.39 Å². The number of piperidine rings is 2. The van der Waals surface area contributed by atoms with Crippen molar-refractivity contribution < 1.29 is 19.0 Å². The Morgan fingerprint density at radius 2 is 2.00 bits per heavy atom. The lowest BCUT2D eigenvalue weighted by Crippen LogP contribution is -2.60. The van der Waals surface area contributed by atoms with Crippen molar-refractivity contribution in [3.63, 3.8) is 0 Å². The number of fused-ring (bicyclic) bond motifs is 1. The highest BCUT2D eigenvalue weighted by molar-refractivity contribution is 5.79. The average molecular weight is 390 g/mol. The summed E-state index contributed by atoms with van der Waals surface area (Å²) in [6.07, 6.45) is 5.68. The van der Waals surface area contributed by atoms with Crippen molar-refractivity contribution in [1.82, 2.24) is 9.80 Å². The SMILES string of the molecule is COc1ccc(F)cc1CN1CC[C@@]2(O)CCN(C(=O)C3CCCC3)C[C@H]2C1. The van der Waals surface area contributed by atoms with E-state index in [9.17, 15) is 14.3 Å². The molecule has 0 aromatic heterocycles. The molecule has 6 heteroatoms. The van der Waals surface area contributed by atoms with Gasteiger partial charge >= 0.3 is 0 Å². The largest absolute Gasteiger partial charge is 0.496 e. The van der Waals surface area contributed by atoms with Gasteiger partial charge in [0, 0.05) is 50.1 Å². The zero-order valence-corrected chi connectivity index (χ0v) is 16.7. The fraction of sp³-hybridized carbons (Fsp3) is 0.682. The number of carbonyl (C=O) groups is 1. The van der Waals surface area contributed by atoms with Crippen LogP contribution in [-0.4, -0.2) is 59.7 Å². The lowest BCUT2D eigenvalue weighted by atomic mass is 9.75. The molecule has 1 aromatic rings. The van der Waals surface area contributed by atoms with E-state index in [-0.39, 0.29) is 23.6 Å². The van der Waals surface area contributed by atoms with E-state index in [0.29, 0.717) is 44.8 Å². The third-order valence-corrected chi connectivity index (χ3v) is 7.01. The summed E-state index contributed by atoms with van der Waals surface area (Å²) in [7, 11) is 1.60. The maximum Gasteiger partial charge on any atom is 0.225 e. The second kappa shape index (κ2) is 7.99. The molecule has 4 rings (SSSR count). The van der Waals surface area contributed by atoms with Crippen LogP contribution >= 0.6 is 0 Å². The summed E-state index contributed by atoms with van der Waals surface area (Å²) in [4.78, 5) is 17.1. The summed E-state index contributed by atoms with van der Waals surface area (Å²) in [5.74, 6) is 0.921. The number of hydrogen-bond donors (Lipinski definition) is 1. The van der Waals surface area contributed by atoms with Crippen molar-refractivity contribution in [3.05, 3.63) is 29.6 Å². The molecule has 1 aromatic carbocycles. The van der Waals surface area contributed by atoms with Gasteiger partial charge in [-0.05, 0) is 43.9 Å². The number of aliphatic hydroxyl groups is 1. The first-order valence-corrected chi connectivity index (χ1v) is 10.5. The minimum Gasteiger partial charge on any atom is -0.496 e. The molecule has 1 aliphatic carbocycles. The second-order valence-corrected chi connectivity index (χ2v) is 8.76. The number of benzene rings is 1. The van der Waals surface area contributed by atoms with Crippen LogP contribution in [-0.2, 0) is 11.3 Å². The van der Waals surface area contributed by atoms with Crippen LogP contribution in [0.25, 0.3) is 0 Å². The zero-order valence-electron chi connectivity index (χ0n) is 16.7. The lowest BCUT2D eigenvalue weighted by molar-refractivity contribution is -0.150. The van der Waals surface area contributed by atoms with Gasteiger partial charge in [-0.25, -0.2) is 4.39 Å². The molecule has 2 atom stereocenters. The smallest absolute Gasteiger partial charge is 0.225 e. The van der Waals surface area contributed by atoms with Gasteiger partial charge in [-0.15, -0.1) is 0 Å². The van der Waals surface area contributed by atoms with E-state index in [1.165, 1.54) is 12.1 Å². The molecule has 0 radical (unpaired) electrons. The first kappa shape index (κ1) is 19.6. The van der Waals surface area contributed by atoms with Gasteiger partial charge < -0.3 is 14.7 Å². The van der Waals surface area contributed by atoms with Crippen LogP contribution in [0.1, 0.15) is 44.1 Å². The molecule has 3 fully saturated rings. The van der Waals surface area contributed by atoms with E-state index < -0.39 is 5.60 Å². The van der Waals surface area contributed by atoms with Gasteiger partial charge in [0.1, 0.15) is 11.6 Å². The number of rotatable bonds is 4. The first-order valence-electron chi connectivity index (χ1n) is 10.5. The van der Waals surface area contributed by atoms with Gasteiger partial charge in [0.15, 0.2) is 0 Å². The van der Waals surface area contributed by atoms with E-state index in [1.54, 1.807) is 13.2 Å². The monoisotopic (exact) mass is 390 g/mol. The van der Waals surface area contributed by atoms with E-state index in [0.717, 1.165) is 37.8 Å². The van der Waals surface area contributed by atoms with Crippen molar-refractivity contribution in [3.8, 4) is 5.75 Å². The third kappa shape index (κ3) is 3.90. The molecule has 0 unspecified atom stereocenters. The van der Waals surface area contributed by atoms with E-state index in [1.807, 2.05) is 4.90 Å². The minimum atomic E-state index is -0.686. The maximum atomic E-state index is 13.7. The van der Waals surface area contributed by atoms with Crippen molar-refractivity contribution >= 4 is 5.91 Å². The fourth-order valence-electron chi connectivity index (χ4n) is 5.26. The van der Waals surface area contributed by atoms with E-state index in [4.69, 9.17) is 4.74 Å². The molecule has 1 N–H and O–H groups in total. The molecule has 2 saturated heterocycles. The standard InChI is InChI=1S/C22H31FN2O3/c1-28-20-7-6-19(23)12-17(20)13-24-10-8-22(27)9-11-25(15-18(22)14-24)21(26)16-4-2-3-5-16/h6-7,12,16,18,27H,2-5,8-11,13-15H2,1H3/t18-,22-/m1/s1. The van der Waals surface area contributed by atoms with Crippen molar-refractivity contribution in [2.24, 2.45) is 11.8 Å². The quantitative estimate of drug-likeness (QED) is 0.859. The Hall–Kier alpha value is -1.66. The van der Waals surface area contributed by atoms with Crippen molar-refractivity contribution in [2.45, 2.75) is 50.7 Å². The molecule has 5 nitrogen and oxygen atoms in total. The lowest BCUT2D eigenvalue weighted by Gasteiger charge is -2.50. The predicted octanol–water partition coefficient (Wildman–Crippen LogP) is 2.81. The van der Waals surface area contributed by atoms with Crippen LogP contribution in [0, 0.1) is 17.7 Å². The number of likely N-dealkylation sites (tertiary alicyclic amines) is 2. The summed E-state index contributed by atoms with van der Waals surface area (Å²) in [6.45, 7) is 3.36. The maximum absolute atomic E-state index is 13.7. The minimum absolute atomic E-state index is 0.0416. The molecule has 2 aliphatic heterocycles. The molecule has 2 heterocycles. The first-order chi connectivity index (χ1) is 13.5. The second-order valence-electron chi connectivity index (χ2n) is 8.76. The highest BCUT2D eigenvalue weighted by Gasteiger charge is 2.46. The van der Waals surface area contributed by atoms with Gasteiger partial charge in [0.25, 0.3) is 0 Å². The molecule has 1 saturated carbocycles. The van der Waals surface area contributed by atoms with Gasteiger partial charge in [-0.1, -0.05) is 12.8 Å². The van der Waals surface area contributed by atoms with E-state index >= 15 is 0 Å². The molecule has 0 bridgehead atoms. The highest BCUT2D eigenvalue weighted by Crippen LogP contribution is 2.38. The van der Waals surface area contributed by atoms with Crippen molar-refractivity contribution in [2.75, 3.05) is 33.3 Å². The number of halogens is 1. The number of methoxy groups -OCH3 is 1. The van der Waals surface area contributed by atoms with Gasteiger partial charge in [-0.3, -0.25) is 9.69 Å². The number of amides is 1. The Bertz CT molecular complexity index is 722. The zero-order chi connectivity index (χ0) is 19.7. The number of nitrogens with zero attached hydrogens (tertiary/aromatic N) is 2. The molecule has 1 amide bonds. The Labute approximate surface area is 166 Å². The summed E-state index contributed by atoms with van der Waals surface area (Å²) >= 11 is 0. The number of ether oxygens (including phenoxy) is 1. The number of carbonyl (C=O) groups excluding carboxylic acids is 1. The summed E-state index contributed by atoms with van der Waals surface area (Å²) in [6, 6.07) is 4.59. The van der Waals surface area contributed by atoms with Crippen LogP contribution in [0.15, 0.2) is 18.2 Å². The Kier molecular flexibility index (Phi) is 5.61. The molecule has 154 valence electrons. The molecular formula is C22H31FN2O3. The Morgan fingerprint density at radius 3 is 2.75 bits per heavy atom. The van der Waals surface area contributed by atoms with Crippen LogP contribution in [0.5, 0.6) is 5.75 Å². The molecule has 28 heavy (non-hydrogen) atoms. The van der Waals surface area contributed by atoms with Gasteiger partial charge in [0.2, 0.25) is 5.91 Å². The Balaban J connectivity index is 1.43. The molecule has 0 spiro atoms. The molecular weight excluding hydrogens is 359 g/mol.